The summed E-state index contributed by atoms with van der Waals surface area (Å²) in [4.78, 5) is 30.9. The van der Waals surface area contributed by atoms with E-state index in [-0.39, 0.29) is 12.5 Å². The first-order valence-corrected chi connectivity index (χ1v) is 8.89. The van der Waals surface area contributed by atoms with Gasteiger partial charge in [-0.3, -0.25) is 20.4 Å². The molecule has 2 N–H and O–H groups in total. The van der Waals surface area contributed by atoms with Crippen molar-refractivity contribution in [2.45, 2.75) is 13.3 Å². The molecule has 0 bridgehead atoms. The Kier molecular flexibility index (Phi) is 8.06. The number of morpholine rings is 1. The van der Waals surface area contributed by atoms with E-state index in [2.05, 4.69) is 20.7 Å². The Morgan fingerprint density at radius 2 is 2.04 bits per heavy atom. The number of hydrogen-bond donors (Lipinski definition) is 2. The second-order valence-corrected chi connectivity index (χ2v) is 6.39. The quantitative estimate of drug-likeness (QED) is 0.493. The molecular formula is C15H24N4O5S. The van der Waals surface area contributed by atoms with Crippen molar-refractivity contribution in [1.29, 1.82) is 0 Å². The van der Waals surface area contributed by atoms with Crippen LogP contribution in [0.15, 0.2) is 0 Å². The van der Waals surface area contributed by atoms with Gasteiger partial charge in [0, 0.05) is 33.4 Å². The monoisotopic (exact) mass is 372 g/mol. The third kappa shape index (κ3) is 6.24. The topological polar surface area (TPSA) is 102 Å². The van der Waals surface area contributed by atoms with E-state index in [9.17, 15) is 9.59 Å². The number of aromatic nitrogens is 1. The predicted molar refractivity (Wildman–Crippen MR) is 92.8 cm³/mol. The Morgan fingerprint density at radius 1 is 1.28 bits per heavy atom. The van der Waals surface area contributed by atoms with E-state index in [1.54, 1.807) is 14.0 Å². The number of anilines is 1. The lowest BCUT2D eigenvalue weighted by atomic mass is 10.4. The van der Waals surface area contributed by atoms with E-state index in [0.717, 1.165) is 18.2 Å². The molecule has 1 aliphatic rings. The molecule has 0 aromatic carbocycles. The van der Waals surface area contributed by atoms with Gasteiger partial charge in [0.2, 0.25) is 0 Å². The van der Waals surface area contributed by atoms with Gasteiger partial charge in [0.05, 0.1) is 18.9 Å². The number of aryl methyl sites for hydroxylation is 1. The Hall–Kier alpha value is -1.75. The maximum absolute atomic E-state index is 12.2. The van der Waals surface area contributed by atoms with Gasteiger partial charge in [-0.05, 0) is 13.3 Å². The van der Waals surface area contributed by atoms with E-state index in [1.165, 1.54) is 11.3 Å². The molecule has 1 aromatic rings. The number of methoxy groups -OCH3 is 1. The van der Waals surface area contributed by atoms with Crippen LogP contribution in [-0.4, -0.2) is 70.0 Å². The molecule has 1 aliphatic heterocycles. The molecule has 0 radical (unpaired) electrons. The van der Waals surface area contributed by atoms with Crippen molar-refractivity contribution in [3.63, 3.8) is 0 Å². The minimum Gasteiger partial charge on any atom is -0.385 e. The molecule has 9 nitrogen and oxygen atoms in total. The number of amides is 2. The lowest BCUT2D eigenvalue weighted by Gasteiger charge is -2.25. The molecule has 140 valence electrons. The van der Waals surface area contributed by atoms with Gasteiger partial charge in [-0.2, -0.15) is 0 Å². The van der Waals surface area contributed by atoms with Crippen molar-refractivity contribution >= 4 is 28.3 Å². The molecule has 2 amide bonds. The molecule has 1 saturated heterocycles. The van der Waals surface area contributed by atoms with Crippen molar-refractivity contribution in [1.82, 2.24) is 15.8 Å². The van der Waals surface area contributed by atoms with E-state index in [1.807, 2.05) is 0 Å². The average Bonchev–Trinajstić information content (AvgIpc) is 3.02. The summed E-state index contributed by atoms with van der Waals surface area (Å²) in [6, 6.07) is 0. The molecular weight excluding hydrogens is 348 g/mol. The summed E-state index contributed by atoms with van der Waals surface area (Å²) in [5.41, 5.74) is 5.36. The first kappa shape index (κ1) is 19.6. The molecule has 0 atom stereocenters. The van der Waals surface area contributed by atoms with Crippen LogP contribution < -0.4 is 15.8 Å². The standard InChI is InChI=1S/C15H24N4O5S/c1-11-13(25-15(16-11)19-4-8-23-9-5-19)14(21)18-17-12(20)10-24-7-3-6-22-2/h3-10H2,1-2H3,(H,17,20)(H,18,21). The number of hydrazine groups is 1. The highest BCUT2D eigenvalue weighted by atomic mass is 32.1. The van der Waals surface area contributed by atoms with Crippen LogP contribution in [-0.2, 0) is 19.0 Å². The Morgan fingerprint density at radius 3 is 2.76 bits per heavy atom. The molecule has 1 aromatic heterocycles. The van der Waals surface area contributed by atoms with Crippen LogP contribution in [0.2, 0.25) is 0 Å². The first-order chi connectivity index (χ1) is 12.1. The molecule has 2 rings (SSSR count). The first-order valence-electron chi connectivity index (χ1n) is 8.07. The summed E-state index contributed by atoms with van der Waals surface area (Å²) in [5.74, 6) is -0.802. The maximum Gasteiger partial charge on any atom is 0.281 e. The predicted octanol–water partition coefficient (Wildman–Crippen LogP) is 0.102. The summed E-state index contributed by atoms with van der Waals surface area (Å²) < 4.78 is 15.4. The van der Waals surface area contributed by atoms with Gasteiger partial charge in [0.25, 0.3) is 11.8 Å². The summed E-state index contributed by atoms with van der Waals surface area (Å²) in [6.07, 6.45) is 0.709. The molecule has 25 heavy (non-hydrogen) atoms. The third-order valence-corrected chi connectivity index (χ3v) is 4.68. The third-order valence-electron chi connectivity index (χ3n) is 3.46. The van der Waals surface area contributed by atoms with Gasteiger partial charge in [-0.15, -0.1) is 0 Å². The number of rotatable bonds is 8. The molecule has 1 fully saturated rings. The average molecular weight is 372 g/mol. The van der Waals surface area contributed by atoms with Crippen LogP contribution in [0.3, 0.4) is 0 Å². The Bertz CT molecular complexity index is 574. The highest BCUT2D eigenvalue weighted by molar-refractivity contribution is 7.17. The normalized spacial score (nSPS) is 14.4. The van der Waals surface area contributed by atoms with E-state index >= 15 is 0 Å². The number of hydrogen-bond acceptors (Lipinski definition) is 8. The van der Waals surface area contributed by atoms with E-state index < -0.39 is 5.91 Å². The minimum atomic E-state index is -0.415. The van der Waals surface area contributed by atoms with Gasteiger partial charge < -0.3 is 19.1 Å². The Labute approximate surface area is 150 Å². The number of thiazole rings is 1. The van der Waals surface area contributed by atoms with Crippen LogP contribution in [0.25, 0.3) is 0 Å². The fraction of sp³-hybridized carbons (Fsp3) is 0.667. The molecule has 2 heterocycles. The second-order valence-electron chi connectivity index (χ2n) is 5.41. The fourth-order valence-electron chi connectivity index (χ4n) is 2.17. The fourth-order valence-corrected chi connectivity index (χ4v) is 3.19. The Balaban J connectivity index is 1.76. The molecule has 0 aliphatic carbocycles. The number of nitrogens with zero attached hydrogens (tertiary/aromatic N) is 2. The smallest absolute Gasteiger partial charge is 0.281 e. The van der Waals surface area contributed by atoms with Crippen molar-refractivity contribution in [2.24, 2.45) is 0 Å². The van der Waals surface area contributed by atoms with Gasteiger partial charge in [-0.25, -0.2) is 4.98 Å². The summed E-state index contributed by atoms with van der Waals surface area (Å²) in [5, 5.41) is 0.791. The van der Waals surface area contributed by atoms with Crippen LogP contribution in [0.5, 0.6) is 0 Å². The molecule has 0 unspecified atom stereocenters. The summed E-state index contributed by atoms with van der Waals surface area (Å²) in [7, 11) is 1.61. The van der Waals surface area contributed by atoms with Crippen LogP contribution in [0.4, 0.5) is 5.13 Å². The van der Waals surface area contributed by atoms with Crippen molar-refractivity contribution in [2.75, 3.05) is 58.1 Å². The van der Waals surface area contributed by atoms with E-state index in [4.69, 9.17) is 14.2 Å². The zero-order chi connectivity index (χ0) is 18.1. The highest BCUT2D eigenvalue weighted by Crippen LogP contribution is 2.26. The van der Waals surface area contributed by atoms with E-state index in [0.29, 0.717) is 43.4 Å². The maximum atomic E-state index is 12.2. The SMILES string of the molecule is COCCCOCC(=O)NNC(=O)c1sc(N2CCOCC2)nc1C. The summed E-state index contributed by atoms with van der Waals surface area (Å²) >= 11 is 1.30. The number of carbonyl (C=O) groups excluding carboxylic acids is 2. The van der Waals surface area contributed by atoms with Crippen LogP contribution >= 0.6 is 11.3 Å². The molecule has 0 spiro atoms. The zero-order valence-corrected chi connectivity index (χ0v) is 15.3. The van der Waals surface area contributed by atoms with Crippen LogP contribution in [0, 0.1) is 6.92 Å². The number of carbonyl (C=O) groups is 2. The number of nitrogens with one attached hydrogen (secondary N) is 2. The van der Waals surface area contributed by atoms with Crippen molar-refractivity contribution in [3.05, 3.63) is 10.6 Å². The minimum absolute atomic E-state index is 0.120. The van der Waals surface area contributed by atoms with Crippen molar-refractivity contribution < 1.29 is 23.8 Å². The van der Waals surface area contributed by atoms with Crippen molar-refractivity contribution in [3.8, 4) is 0 Å². The molecule has 0 saturated carbocycles. The highest BCUT2D eigenvalue weighted by Gasteiger charge is 2.20. The van der Waals surface area contributed by atoms with Gasteiger partial charge >= 0.3 is 0 Å². The van der Waals surface area contributed by atoms with Crippen LogP contribution in [0.1, 0.15) is 21.8 Å². The lowest BCUT2D eigenvalue weighted by molar-refractivity contribution is -0.126. The van der Waals surface area contributed by atoms with Gasteiger partial charge in [0.1, 0.15) is 11.5 Å². The van der Waals surface area contributed by atoms with Gasteiger partial charge in [0.15, 0.2) is 5.13 Å². The lowest BCUT2D eigenvalue weighted by Crippen LogP contribution is -2.43. The number of ether oxygens (including phenoxy) is 3. The largest absolute Gasteiger partial charge is 0.385 e. The summed E-state index contributed by atoms with van der Waals surface area (Å²) in [6.45, 7) is 5.47. The zero-order valence-electron chi connectivity index (χ0n) is 14.5. The molecule has 10 heteroatoms. The van der Waals surface area contributed by atoms with Gasteiger partial charge in [-0.1, -0.05) is 11.3 Å². The second kappa shape index (κ2) is 10.3.